The van der Waals surface area contributed by atoms with Crippen molar-refractivity contribution >= 4 is 33.6 Å². The number of aliphatic hydroxyl groups is 2. The number of phosphoric acid groups is 2. The number of carbonyl (C=O) groups excluding carboxylic acids is 3. The first kappa shape index (κ1) is 102. The molecule has 0 aliphatic heterocycles. The normalized spacial score (nSPS) is 14.6. The maximum absolute atomic E-state index is 13.0. The van der Waals surface area contributed by atoms with Gasteiger partial charge in [-0.1, -0.05) is 327 Å². The largest absolute Gasteiger partial charge is 0.472 e. The Kier molecular flexibility index (Phi) is 77.5. The van der Waals surface area contributed by atoms with Crippen molar-refractivity contribution in [2.24, 2.45) is 0 Å². The van der Waals surface area contributed by atoms with Crippen LogP contribution in [0.1, 0.15) is 342 Å². The number of rotatable bonds is 79. The third-order valence-electron chi connectivity index (χ3n) is 17.5. The van der Waals surface area contributed by atoms with Crippen molar-refractivity contribution in [2.75, 3.05) is 39.6 Å². The monoisotopic (exact) mass is 1540 g/mol. The summed E-state index contributed by atoms with van der Waals surface area (Å²) < 4.78 is 61.3. The van der Waals surface area contributed by atoms with Gasteiger partial charge in [-0.2, -0.15) is 0 Å². The van der Waals surface area contributed by atoms with Gasteiger partial charge in [0.05, 0.1) is 26.4 Å². The minimum atomic E-state index is -4.94. The fraction of sp³-hybridized carbons (Fsp3) is 0.697. The van der Waals surface area contributed by atoms with Crippen LogP contribution in [0.3, 0.4) is 0 Å². The maximum Gasteiger partial charge on any atom is 0.472 e. The maximum atomic E-state index is 13.0. The number of aliphatic hydroxyl groups excluding tert-OH is 2. The molecule has 4 N–H and O–H groups in total. The summed E-state index contributed by atoms with van der Waals surface area (Å²) in [5.74, 6) is -1.59. The van der Waals surface area contributed by atoms with Gasteiger partial charge in [0.1, 0.15) is 25.4 Å². The van der Waals surface area contributed by atoms with E-state index >= 15 is 0 Å². The van der Waals surface area contributed by atoms with Gasteiger partial charge in [-0.05, 0) is 141 Å². The van der Waals surface area contributed by atoms with Crippen LogP contribution in [0, 0.1) is 0 Å². The summed E-state index contributed by atoms with van der Waals surface area (Å²) in [4.78, 5) is 58.8. The molecule has 0 aliphatic rings. The van der Waals surface area contributed by atoms with E-state index in [2.05, 4.69) is 167 Å². The Morgan fingerprint density at radius 2 is 0.495 bits per heavy atom. The van der Waals surface area contributed by atoms with Crippen LogP contribution in [0.2, 0.25) is 0 Å². The van der Waals surface area contributed by atoms with Crippen molar-refractivity contribution in [3.63, 3.8) is 0 Å². The van der Waals surface area contributed by atoms with Gasteiger partial charge in [-0.25, -0.2) is 9.13 Å². The lowest BCUT2D eigenvalue weighted by Gasteiger charge is -2.21. The average molecular weight is 1540 g/mol. The Balaban J connectivity index is 4.57. The van der Waals surface area contributed by atoms with Gasteiger partial charge in [0.2, 0.25) is 0 Å². The SMILES string of the molecule is CC/C=C\C/C=C\C/C=C\C/C=C\C/C=C\CCCCCCCCCCCC(=O)OCC(COP(=O)(O)OCC(O)COP(=O)(O)OCC(O)COC(=O)CCCCCCCCCCCCCCC/C=C\C/C=C\C/C=C\C/C=C\CCCCC)OC(=O)CCCCCCCCC/C=C\C/C=C\C/C=C\CC. The van der Waals surface area contributed by atoms with Crippen LogP contribution in [0.15, 0.2) is 146 Å². The van der Waals surface area contributed by atoms with E-state index in [1.165, 1.54) is 109 Å². The molecule has 0 aliphatic carbocycles. The molecule has 5 unspecified atom stereocenters. The summed E-state index contributed by atoms with van der Waals surface area (Å²) in [5.41, 5.74) is 0. The molecule has 0 aromatic heterocycles. The van der Waals surface area contributed by atoms with Gasteiger partial charge in [0.15, 0.2) is 6.10 Å². The highest BCUT2D eigenvalue weighted by molar-refractivity contribution is 7.47. The van der Waals surface area contributed by atoms with Crippen LogP contribution in [-0.4, -0.2) is 95.9 Å². The molecule has 0 saturated heterocycles. The zero-order valence-electron chi connectivity index (χ0n) is 67.3. The molecule has 0 amide bonds. The standard InChI is InChI=1S/C89H152O16P2/c1-4-7-10-13-16-19-22-25-28-31-33-35-37-39-40-41-42-44-46-47-49-52-54-57-60-63-66-69-72-75-87(92)99-78-84(90)79-101-106(95,96)102-80-85(91)81-103-107(97,98)104-83-86(105-89(94)77-74-71-68-65-62-59-56-51-30-27-24-21-18-15-12-9-6-3)82-100-88(93)76-73-70-67-64-61-58-55-53-50-48-45-43-38-36-34-32-29-26-23-20-17-14-11-8-5-2/h8-9,11-12,16-21,25-30,33-36,39-40,43,45,84-86,90-91H,4-7,10,13-15,22-24,31-32,37-38,41-42,44,46-83H2,1-3H3,(H,95,96)(H,97,98)/b11-8-,12-9-,19-16-,20-17-,21-18-,28-25-,29-26-,30-27-,35-33-,36-34-,40-39-,45-43-. The fourth-order valence-corrected chi connectivity index (χ4v) is 12.8. The number of unbranched alkanes of at least 4 members (excludes halogenated alkanes) is 32. The summed E-state index contributed by atoms with van der Waals surface area (Å²) in [6.45, 7) is 2.44. The summed E-state index contributed by atoms with van der Waals surface area (Å²) in [6.07, 6.45) is 100. The molecular weight excluding hydrogens is 1390 g/mol. The van der Waals surface area contributed by atoms with E-state index in [1.54, 1.807) is 0 Å². The Labute approximate surface area is 651 Å². The Bertz CT molecular complexity index is 2530. The lowest BCUT2D eigenvalue weighted by atomic mass is 10.0. The predicted octanol–water partition coefficient (Wildman–Crippen LogP) is 25.2. The van der Waals surface area contributed by atoms with E-state index in [4.69, 9.17) is 32.3 Å². The number of ether oxygens (including phenoxy) is 3. The number of carbonyl (C=O) groups is 3. The van der Waals surface area contributed by atoms with Gasteiger partial charge in [0, 0.05) is 19.3 Å². The second-order valence-electron chi connectivity index (χ2n) is 27.9. The Morgan fingerprint density at radius 1 is 0.271 bits per heavy atom. The molecule has 18 heteroatoms. The molecule has 0 bridgehead atoms. The van der Waals surface area contributed by atoms with Gasteiger partial charge in [0.25, 0.3) is 0 Å². The van der Waals surface area contributed by atoms with Crippen LogP contribution in [0.5, 0.6) is 0 Å². The lowest BCUT2D eigenvalue weighted by molar-refractivity contribution is -0.161. The molecule has 107 heavy (non-hydrogen) atoms. The first-order valence-corrected chi connectivity index (χ1v) is 45.1. The quantitative estimate of drug-likeness (QED) is 0.0146. The Hall–Kier alpha value is -4.57. The summed E-state index contributed by atoms with van der Waals surface area (Å²) in [6, 6.07) is 0. The second-order valence-corrected chi connectivity index (χ2v) is 30.8. The van der Waals surface area contributed by atoms with Crippen molar-refractivity contribution in [1.29, 1.82) is 0 Å². The highest BCUT2D eigenvalue weighted by atomic mass is 31.2. The summed E-state index contributed by atoms with van der Waals surface area (Å²) >= 11 is 0. The number of esters is 3. The summed E-state index contributed by atoms with van der Waals surface area (Å²) in [7, 11) is -9.81. The number of allylic oxidation sites excluding steroid dienone is 24. The fourth-order valence-electron chi connectivity index (χ4n) is 11.2. The van der Waals surface area contributed by atoms with Gasteiger partial charge in [-0.3, -0.25) is 32.5 Å². The molecule has 0 radical (unpaired) electrons. The minimum Gasteiger partial charge on any atom is -0.463 e. The van der Waals surface area contributed by atoms with E-state index < -0.39 is 91.5 Å². The highest BCUT2D eigenvalue weighted by Crippen LogP contribution is 2.45. The zero-order chi connectivity index (χ0) is 78.0. The number of hydrogen-bond acceptors (Lipinski definition) is 14. The highest BCUT2D eigenvalue weighted by Gasteiger charge is 2.29. The first-order chi connectivity index (χ1) is 52.2. The molecule has 5 atom stereocenters. The van der Waals surface area contributed by atoms with Crippen LogP contribution in [0.4, 0.5) is 0 Å². The molecule has 614 valence electrons. The van der Waals surface area contributed by atoms with Crippen LogP contribution < -0.4 is 0 Å². The van der Waals surface area contributed by atoms with Crippen LogP contribution >= 0.6 is 15.6 Å². The van der Waals surface area contributed by atoms with E-state index in [1.807, 2.05) is 0 Å². The predicted molar refractivity (Wildman–Crippen MR) is 445 cm³/mol. The van der Waals surface area contributed by atoms with E-state index in [9.17, 15) is 43.5 Å². The third-order valence-corrected chi connectivity index (χ3v) is 19.4. The molecule has 0 heterocycles. The van der Waals surface area contributed by atoms with E-state index in [0.717, 1.165) is 173 Å². The molecule has 0 spiro atoms. The van der Waals surface area contributed by atoms with Crippen LogP contribution in [-0.2, 0) is 55.8 Å². The van der Waals surface area contributed by atoms with Crippen LogP contribution in [0.25, 0.3) is 0 Å². The number of hydrogen-bond donors (Lipinski definition) is 4. The molecule has 0 saturated carbocycles. The smallest absolute Gasteiger partial charge is 0.463 e. The number of phosphoric ester groups is 2. The van der Waals surface area contributed by atoms with Gasteiger partial charge >= 0.3 is 33.6 Å². The molecule has 0 aromatic carbocycles. The van der Waals surface area contributed by atoms with Gasteiger partial charge in [-0.15, -0.1) is 0 Å². The topological polar surface area (TPSA) is 231 Å². The van der Waals surface area contributed by atoms with Crippen molar-refractivity contribution in [3.05, 3.63) is 146 Å². The molecular formula is C89H152O16P2. The second kappa shape index (κ2) is 80.9. The van der Waals surface area contributed by atoms with Crippen molar-refractivity contribution in [2.45, 2.75) is 360 Å². The van der Waals surface area contributed by atoms with E-state index in [-0.39, 0.29) is 19.3 Å². The summed E-state index contributed by atoms with van der Waals surface area (Å²) in [5, 5.41) is 20.7. The molecule has 0 aromatic rings. The van der Waals surface area contributed by atoms with E-state index in [0.29, 0.717) is 19.3 Å². The third kappa shape index (κ3) is 82.2. The van der Waals surface area contributed by atoms with Crippen molar-refractivity contribution in [3.8, 4) is 0 Å². The average Bonchev–Trinajstić information content (AvgIpc) is 0.927. The molecule has 0 fully saturated rings. The van der Waals surface area contributed by atoms with Gasteiger partial charge < -0.3 is 34.2 Å². The first-order valence-electron chi connectivity index (χ1n) is 42.1. The Morgan fingerprint density at radius 3 is 0.785 bits per heavy atom. The minimum absolute atomic E-state index is 0.0885. The zero-order valence-corrected chi connectivity index (χ0v) is 69.1. The van der Waals surface area contributed by atoms with Crippen molar-refractivity contribution < 1.29 is 75.8 Å². The van der Waals surface area contributed by atoms with Crippen molar-refractivity contribution in [1.82, 2.24) is 0 Å². The molecule has 0 rings (SSSR count). The lowest BCUT2D eigenvalue weighted by Crippen LogP contribution is -2.30. The molecule has 16 nitrogen and oxygen atoms in total.